The summed E-state index contributed by atoms with van der Waals surface area (Å²) in [6.07, 6.45) is 2.22. The molecule has 1 aromatic carbocycles. The van der Waals surface area contributed by atoms with E-state index in [1.165, 1.54) is 0 Å². The number of carbonyl (C=O) groups excluding carboxylic acids is 1. The molecule has 0 spiro atoms. The van der Waals surface area contributed by atoms with Crippen LogP contribution in [0.2, 0.25) is 0 Å². The van der Waals surface area contributed by atoms with Gasteiger partial charge in [0.1, 0.15) is 5.60 Å². The number of ether oxygens (including phenoxy) is 1. The zero-order chi connectivity index (χ0) is 13.4. The van der Waals surface area contributed by atoms with Crippen molar-refractivity contribution in [3.8, 4) is 0 Å². The van der Waals surface area contributed by atoms with Crippen LogP contribution in [0.25, 0.3) is 0 Å². The minimum Gasteiger partial charge on any atom is -0.456 e. The van der Waals surface area contributed by atoms with E-state index in [4.69, 9.17) is 10.5 Å². The fourth-order valence-electron chi connectivity index (χ4n) is 2.07. The summed E-state index contributed by atoms with van der Waals surface area (Å²) in [6.45, 7) is 6.26. The first-order chi connectivity index (χ1) is 8.36. The monoisotopic (exact) mass is 247 g/mol. The third-order valence-corrected chi connectivity index (χ3v) is 3.35. The molecule has 0 atom stereocenters. The van der Waals surface area contributed by atoms with Crippen LogP contribution in [0, 0.1) is 0 Å². The molecular formula is C15H21NO2. The highest BCUT2D eigenvalue weighted by Crippen LogP contribution is 2.47. The van der Waals surface area contributed by atoms with Crippen LogP contribution >= 0.6 is 0 Å². The maximum absolute atomic E-state index is 12.0. The summed E-state index contributed by atoms with van der Waals surface area (Å²) < 4.78 is 5.38. The predicted molar refractivity (Wildman–Crippen MR) is 71.6 cm³/mol. The average molecular weight is 247 g/mol. The third-order valence-electron chi connectivity index (χ3n) is 3.35. The smallest absolute Gasteiger partial charge is 0.338 e. The molecule has 0 aromatic heterocycles. The van der Waals surface area contributed by atoms with Crippen molar-refractivity contribution in [2.45, 2.75) is 44.6 Å². The summed E-state index contributed by atoms with van der Waals surface area (Å²) in [5.74, 6) is -0.267. The minimum atomic E-state index is -0.460. The maximum Gasteiger partial charge on any atom is 0.338 e. The standard InChI is InChI=1S/C15H21NO2/c1-14(2,3)18-13(17)11-5-4-6-12(9-11)15(10-16)7-8-15/h4-6,9H,7-8,10,16H2,1-3H3. The Balaban J connectivity index is 2.20. The fourth-order valence-corrected chi connectivity index (χ4v) is 2.07. The van der Waals surface area contributed by atoms with Crippen molar-refractivity contribution >= 4 is 5.97 Å². The van der Waals surface area contributed by atoms with Crippen molar-refractivity contribution in [3.05, 3.63) is 35.4 Å². The predicted octanol–water partition coefficient (Wildman–Crippen LogP) is 2.63. The minimum absolute atomic E-state index is 0.109. The van der Waals surface area contributed by atoms with Gasteiger partial charge in [0.2, 0.25) is 0 Å². The molecule has 2 N–H and O–H groups in total. The molecule has 0 heterocycles. The second kappa shape index (κ2) is 4.39. The molecule has 1 fully saturated rings. The Morgan fingerprint density at radius 3 is 2.56 bits per heavy atom. The lowest BCUT2D eigenvalue weighted by Gasteiger charge is -2.20. The first kappa shape index (κ1) is 13.1. The molecule has 0 bridgehead atoms. The van der Waals surface area contributed by atoms with Crippen LogP contribution in [0.4, 0.5) is 0 Å². The first-order valence-corrected chi connectivity index (χ1v) is 6.40. The van der Waals surface area contributed by atoms with Gasteiger partial charge in [-0.25, -0.2) is 4.79 Å². The molecule has 0 aliphatic heterocycles. The van der Waals surface area contributed by atoms with Gasteiger partial charge in [0.15, 0.2) is 0 Å². The Morgan fingerprint density at radius 2 is 2.06 bits per heavy atom. The summed E-state index contributed by atoms with van der Waals surface area (Å²) in [7, 11) is 0. The van der Waals surface area contributed by atoms with Crippen LogP contribution < -0.4 is 5.73 Å². The molecule has 1 aliphatic rings. The number of hydrogen-bond acceptors (Lipinski definition) is 3. The van der Waals surface area contributed by atoms with Crippen LogP contribution in [-0.2, 0) is 10.2 Å². The fraction of sp³-hybridized carbons (Fsp3) is 0.533. The topological polar surface area (TPSA) is 52.3 Å². The van der Waals surface area contributed by atoms with Gasteiger partial charge >= 0.3 is 5.97 Å². The SMILES string of the molecule is CC(C)(C)OC(=O)c1cccc(C2(CN)CC2)c1. The molecule has 0 unspecified atom stereocenters. The largest absolute Gasteiger partial charge is 0.456 e. The van der Waals surface area contributed by atoms with Crippen molar-refractivity contribution in [3.63, 3.8) is 0 Å². The van der Waals surface area contributed by atoms with E-state index >= 15 is 0 Å². The number of nitrogens with two attached hydrogens (primary N) is 1. The van der Waals surface area contributed by atoms with E-state index in [0.29, 0.717) is 12.1 Å². The molecule has 3 heteroatoms. The lowest BCUT2D eigenvalue weighted by molar-refractivity contribution is 0.00694. The number of rotatable bonds is 3. The summed E-state index contributed by atoms with van der Waals surface area (Å²) >= 11 is 0. The Hall–Kier alpha value is -1.35. The van der Waals surface area contributed by atoms with Gasteiger partial charge in [0.25, 0.3) is 0 Å². The van der Waals surface area contributed by atoms with E-state index in [1.54, 1.807) is 6.07 Å². The van der Waals surface area contributed by atoms with Crippen molar-refractivity contribution in [1.82, 2.24) is 0 Å². The molecule has 3 nitrogen and oxygen atoms in total. The molecule has 18 heavy (non-hydrogen) atoms. The van der Waals surface area contributed by atoms with Gasteiger partial charge in [-0.2, -0.15) is 0 Å². The lowest BCUT2D eigenvalue weighted by atomic mass is 9.94. The summed E-state index contributed by atoms with van der Waals surface area (Å²) in [4.78, 5) is 12.0. The second-order valence-electron chi connectivity index (χ2n) is 6.07. The van der Waals surface area contributed by atoms with Crippen molar-refractivity contribution in [2.75, 3.05) is 6.54 Å². The number of benzene rings is 1. The van der Waals surface area contributed by atoms with Crippen LogP contribution in [0.3, 0.4) is 0 Å². The highest BCUT2D eigenvalue weighted by Gasteiger charge is 2.43. The van der Waals surface area contributed by atoms with E-state index in [1.807, 2.05) is 39.0 Å². The van der Waals surface area contributed by atoms with Gasteiger partial charge in [-0.15, -0.1) is 0 Å². The summed E-state index contributed by atoms with van der Waals surface area (Å²) in [5, 5.41) is 0. The van der Waals surface area contributed by atoms with Crippen LogP contribution in [0.5, 0.6) is 0 Å². The van der Waals surface area contributed by atoms with Gasteiger partial charge in [0.05, 0.1) is 5.56 Å². The van der Waals surface area contributed by atoms with Crippen molar-refractivity contribution < 1.29 is 9.53 Å². The van der Waals surface area contributed by atoms with Crippen LogP contribution in [-0.4, -0.2) is 18.1 Å². The normalized spacial score (nSPS) is 17.3. The molecule has 0 amide bonds. The Morgan fingerprint density at radius 1 is 1.39 bits per heavy atom. The van der Waals surface area contributed by atoms with Crippen LogP contribution in [0.1, 0.15) is 49.5 Å². The highest BCUT2D eigenvalue weighted by molar-refractivity contribution is 5.90. The van der Waals surface area contributed by atoms with Gasteiger partial charge in [0, 0.05) is 12.0 Å². The molecule has 0 radical (unpaired) electrons. The van der Waals surface area contributed by atoms with Crippen molar-refractivity contribution in [1.29, 1.82) is 0 Å². The molecule has 1 aromatic rings. The van der Waals surface area contributed by atoms with E-state index < -0.39 is 5.60 Å². The Kier molecular flexibility index (Phi) is 3.20. The van der Waals surface area contributed by atoms with Crippen LogP contribution in [0.15, 0.2) is 24.3 Å². The van der Waals surface area contributed by atoms with Crippen molar-refractivity contribution in [2.24, 2.45) is 5.73 Å². The van der Waals surface area contributed by atoms with E-state index in [-0.39, 0.29) is 11.4 Å². The van der Waals surface area contributed by atoms with E-state index in [2.05, 4.69) is 0 Å². The molecule has 1 aliphatic carbocycles. The Bertz CT molecular complexity index is 456. The molecule has 1 saturated carbocycles. The molecule has 0 saturated heterocycles. The lowest BCUT2D eigenvalue weighted by Crippen LogP contribution is -2.24. The molecule has 2 rings (SSSR count). The van der Waals surface area contributed by atoms with E-state index in [0.717, 1.165) is 18.4 Å². The van der Waals surface area contributed by atoms with Gasteiger partial charge in [-0.1, -0.05) is 12.1 Å². The maximum atomic E-state index is 12.0. The third kappa shape index (κ3) is 2.72. The van der Waals surface area contributed by atoms with Gasteiger partial charge in [-0.05, 0) is 51.3 Å². The molecular weight excluding hydrogens is 226 g/mol. The Labute approximate surface area is 108 Å². The number of esters is 1. The number of carbonyl (C=O) groups is 1. The van der Waals surface area contributed by atoms with Gasteiger partial charge in [-0.3, -0.25) is 0 Å². The quantitative estimate of drug-likeness (QED) is 0.835. The number of hydrogen-bond donors (Lipinski definition) is 1. The average Bonchev–Trinajstić information content (AvgIpc) is 3.08. The summed E-state index contributed by atoms with van der Waals surface area (Å²) in [5.41, 5.74) is 7.24. The zero-order valence-electron chi connectivity index (χ0n) is 11.3. The molecule has 98 valence electrons. The second-order valence-corrected chi connectivity index (χ2v) is 6.07. The van der Waals surface area contributed by atoms with Gasteiger partial charge < -0.3 is 10.5 Å². The zero-order valence-corrected chi connectivity index (χ0v) is 11.3. The first-order valence-electron chi connectivity index (χ1n) is 6.40. The summed E-state index contributed by atoms with van der Waals surface area (Å²) in [6, 6.07) is 7.68. The highest BCUT2D eigenvalue weighted by atomic mass is 16.6. The van der Waals surface area contributed by atoms with E-state index in [9.17, 15) is 4.79 Å².